The molecule has 1 atom stereocenters. The molecule has 1 saturated carbocycles. The highest BCUT2D eigenvalue weighted by atomic mass is 32.1. The Bertz CT molecular complexity index is 687. The van der Waals surface area contributed by atoms with Gasteiger partial charge in [0.15, 0.2) is 0 Å². The fourth-order valence-electron chi connectivity index (χ4n) is 3.10. The van der Waals surface area contributed by atoms with Gasteiger partial charge in [-0.3, -0.25) is 4.90 Å². The molecule has 2 aliphatic rings. The molecular weight excluding hydrogens is 322 g/mol. The lowest BCUT2D eigenvalue weighted by Gasteiger charge is -2.34. The van der Waals surface area contributed by atoms with Gasteiger partial charge in [-0.25, -0.2) is 15.0 Å². The van der Waals surface area contributed by atoms with E-state index in [0.717, 1.165) is 37.0 Å². The van der Waals surface area contributed by atoms with Crippen LogP contribution in [0.3, 0.4) is 0 Å². The highest BCUT2D eigenvalue weighted by Gasteiger charge is 2.28. The summed E-state index contributed by atoms with van der Waals surface area (Å²) in [4.78, 5) is 17.4. The van der Waals surface area contributed by atoms with E-state index in [4.69, 9.17) is 9.72 Å². The van der Waals surface area contributed by atoms with Crippen molar-refractivity contribution >= 4 is 17.2 Å². The summed E-state index contributed by atoms with van der Waals surface area (Å²) in [6.07, 6.45) is 5.65. The Labute approximate surface area is 146 Å². The minimum Gasteiger partial charge on any atom is -0.378 e. The molecule has 0 bridgehead atoms. The quantitative estimate of drug-likeness (QED) is 0.899. The van der Waals surface area contributed by atoms with E-state index in [0.29, 0.717) is 12.6 Å². The van der Waals surface area contributed by atoms with Gasteiger partial charge in [0.2, 0.25) is 0 Å². The van der Waals surface area contributed by atoms with Gasteiger partial charge >= 0.3 is 0 Å². The Hall–Kier alpha value is -1.57. The predicted octanol–water partition coefficient (Wildman–Crippen LogP) is 2.78. The molecule has 1 N–H and O–H groups in total. The molecule has 6 nitrogen and oxygen atoms in total. The molecule has 4 rings (SSSR count). The lowest BCUT2D eigenvalue weighted by molar-refractivity contribution is -0.0155. The summed E-state index contributed by atoms with van der Waals surface area (Å²) in [5.41, 5.74) is 3.03. The number of hydrogen-bond donors (Lipinski definition) is 1. The number of morpholine rings is 1. The Morgan fingerprint density at radius 1 is 1.38 bits per heavy atom. The van der Waals surface area contributed by atoms with Crippen molar-refractivity contribution in [2.75, 3.05) is 25.1 Å². The summed E-state index contributed by atoms with van der Waals surface area (Å²) < 4.78 is 5.72. The third-order valence-electron chi connectivity index (χ3n) is 4.86. The standard InChI is InChI=1S/C17H23N5OS/c1-12-15(24-11-19-12)9-22-7-8-23-10-14(22)17-18-6-5-16(21-17)20-13-3-2-4-13/h5-6,11,13-14H,2-4,7-10H2,1H3,(H,18,20,21). The van der Waals surface area contributed by atoms with E-state index in [9.17, 15) is 0 Å². The van der Waals surface area contributed by atoms with Crippen molar-refractivity contribution in [3.05, 3.63) is 34.2 Å². The third kappa shape index (κ3) is 3.43. The average molecular weight is 345 g/mol. The van der Waals surface area contributed by atoms with Crippen LogP contribution in [0.2, 0.25) is 0 Å². The predicted molar refractivity (Wildman–Crippen MR) is 94.1 cm³/mol. The van der Waals surface area contributed by atoms with Crippen LogP contribution in [0.1, 0.15) is 41.7 Å². The van der Waals surface area contributed by atoms with Gasteiger partial charge in [0, 0.05) is 30.2 Å². The van der Waals surface area contributed by atoms with Gasteiger partial charge < -0.3 is 10.1 Å². The highest BCUT2D eigenvalue weighted by Crippen LogP contribution is 2.27. The molecule has 3 heterocycles. The van der Waals surface area contributed by atoms with Gasteiger partial charge in [-0.1, -0.05) is 0 Å². The molecule has 0 spiro atoms. The molecule has 128 valence electrons. The monoisotopic (exact) mass is 345 g/mol. The van der Waals surface area contributed by atoms with Crippen molar-refractivity contribution in [1.29, 1.82) is 0 Å². The maximum absolute atomic E-state index is 5.72. The SMILES string of the molecule is Cc1ncsc1CN1CCOCC1c1nccc(NC2CCC2)n1. The minimum absolute atomic E-state index is 0.100. The van der Waals surface area contributed by atoms with Gasteiger partial charge in [-0.15, -0.1) is 11.3 Å². The summed E-state index contributed by atoms with van der Waals surface area (Å²) in [7, 11) is 0. The van der Waals surface area contributed by atoms with Crippen molar-refractivity contribution in [1.82, 2.24) is 19.9 Å². The maximum Gasteiger partial charge on any atom is 0.150 e. The molecule has 7 heteroatoms. The average Bonchev–Trinajstić information content (AvgIpc) is 2.97. The number of aromatic nitrogens is 3. The Kier molecular flexibility index (Phi) is 4.73. The number of rotatable bonds is 5. The summed E-state index contributed by atoms with van der Waals surface area (Å²) in [5, 5.41) is 3.51. The van der Waals surface area contributed by atoms with E-state index in [2.05, 4.69) is 27.1 Å². The van der Waals surface area contributed by atoms with E-state index in [-0.39, 0.29) is 6.04 Å². The van der Waals surface area contributed by atoms with E-state index in [1.807, 2.05) is 17.8 Å². The second-order valence-corrected chi connectivity index (χ2v) is 7.43. The lowest BCUT2D eigenvalue weighted by atomic mass is 9.93. The summed E-state index contributed by atoms with van der Waals surface area (Å²) in [6, 6.07) is 2.64. The van der Waals surface area contributed by atoms with Crippen molar-refractivity contribution in [3.8, 4) is 0 Å². The second-order valence-electron chi connectivity index (χ2n) is 6.49. The van der Waals surface area contributed by atoms with E-state index in [1.165, 1.54) is 24.1 Å². The molecule has 0 aromatic carbocycles. The molecule has 1 saturated heterocycles. The third-order valence-corrected chi connectivity index (χ3v) is 5.78. The van der Waals surface area contributed by atoms with Crippen LogP contribution in [0.4, 0.5) is 5.82 Å². The molecule has 2 aromatic rings. The van der Waals surface area contributed by atoms with Gasteiger partial charge in [0.05, 0.1) is 30.5 Å². The largest absolute Gasteiger partial charge is 0.378 e. The molecule has 0 amide bonds. The van der Waals surface area contributed by atoms with Crippen LogP contribution < -0.4 is 5.32 Å². The maximum atomic E-state index is 5.72. The summed E-state index contributed by atoms with van der Waals surface area (Å²) in [6.45, 7) is 5.25. The number of aryl methyl sites for hydroxylation is 1. The molecule has 2 aromatic heterocycles. The normalized spacial score (nSPS) is 22.3. The van der Waals surface area contributed by atoms with Crippen LogP contribution in [-0.4, -0.2) is 45.7 Å². The van der Waals surface area contributed by atoms with E-state index >= 15 is 0 Å². The van der Waals surface area contributed by atoms with Crippen LogP contribution in [0.25, 0.3) is 0 Å². The first-order chi connectivity index (χ1) is 11.8. The topological polar surface area (TPSA) is 63.2 Å². The fourth-order valence-corrected chi connectivity index (χ4v) is 3.91. The molecule has 1 aliphatic heterocycles. The number of nitrogens with one attached hydrogen (secondary N) is 1. The molecule has 2 fully saturated rings. The minimum atomic E-state index is 0.100. The summed E-state index contributed by atoms with van der Waals surface area (Å²) in [5.74, 6) is 1.78. The Morgan fingerprint density at radius 2 is 2.29 bits per heavy atom. The zero-order chi connectivity index (χ0) is 16.4. The molecule has 0 radical (unpaired) electrons. The lowest BCUT2D eigenvalue weighted by Crippen LogP contribution is -2.40. The van der Waals surface area contributed by atoms with Gasteiger partial charge in [-0.2, -0.15) is 0 Å². The summed E-state index contributed by atoms with van der Waals surface area (Å²) >= 11 is 1.72. The number of nitrogens with zero attached hydrogens (tertiary/aromatic N) is 4. The van der Waals surface area contributed by atoms with Crippen LogP contribution in [0.15, 0.2) is 17.8 Å². The first kappa shape index (κ1) is 15.9. The zero-order valence-corrected chi connectivity index (χ0v) is 14.8. The first-order valence-electron chi connectivity index (χ1n) is 8.60. The van der Waals surface area contributed by atoms with Crippen molar-refractivity contribution < 1.29 is 4.74 Å². The van der Waals surface area contributed by atoms with Gasteiger partial charge in [0.1, 0.15) is 11.6 Å². The second kappa shape index (κ2) is 7.13. The van der Waals surface area contributed by atoms with Crippen LogP contribution in [-0.2, 0) is 11.3 Å². The van der Waals surface area contributed by atoms with Crippen molar-refractivity contribution in [2.45, 2.75) is 44.8 Å². The number of anilines is 1. The van der Waals surface area contributed by atoms with E-state index in [1.54, 1.807) is 11.3 Å². The van der Waals surface area contributed by atoms with Gasteiger partial charge in [0.25, 0.3) is 0 Å². The Morgan fingerprint density at radius 3 is 3.04 bits per heavy atom. The molecular formula is C17H23N5OS. The first-order valence-corrected chi connectivity index (χ1v) is 9.48. The zero-order valence-electron chi connectivity index (χ0n) is 13.9. The molecule has 24 heavy (non-hydrogen) atoms. The number of hydrogen-bond acceptors (Lipinski definition) is 7. The van der Waals surface area contributed by atoms with Crippen LogP contribution in [0.5, 0.6) is 0 Å². The van der Waals surface area contributed by atoms with Crippen LogP contribution in [0, 0.1) is 6.92 Å². The molecule has 1 unspecified atom stereocenters. The smallest absolute Gasteiger partial charge is 0.150 e. The highest BCUT2D eigenvalue weighted by molar-refractivity contribution is 7.09. The van der Waals surface area contributed by atoms with Crippen LogP contribution >= 0.6 is 11.3 Å². The number of thiazole rings is 1. The van der Waals surface area contributed by atoms with Crippen molar-refractivity contribution in [2.24, 2.45) is 0 Å². The molecule has 1 aliphatic carbocycles. The Balaban J connectivity index is 1.51. The van der Waals surface area contributed by atoms with Gasteiger partial charge in [-0.05, 0) is 32.3 Å². The van der Waals surface area contributed by atoms with Crippen molar-refractivity contribution in [3.63, 3.8) is 0 Å². The van der Waals surface area contributed by atoms with E-state index < -0.39 is 0 Å². The number of ether oxygens (including phenoxy) is 1. The fraction of sp³-hybridized carbons (Fsp3) is 0.588.